The molecule has 1 unspecified atom stereocenters. The van der Waals surface area contributed by atoms with Crippen LogP contribution in [-0.2, 0) is 9.59 Å². The van der Waals surface area contributed by atoms with Crippen LogP contribution in [0.1, 0.15) is 30.1 Å². The maximum absolute atomic E-state index is 13.1. The van der Waals surface area contributed by atoms with Crippen molar-refractivity contribution in [3.05, 3.63) is 47.5 Å². The highest BCUT2D eigenvalue weighted by atomic mass is 19.1. The number of rotatable bonds is 6. The van der Waals surface area contributed by atoms with Gasteiger partial charge in [-0.3, -0.25) is 9.59 Å². The van der Waals surface area contributed by atoms with Crippen LogP contribution in [0.5, 0.6) is 0 Å². The predicted molar refractivity (Wildman–Crippen MR) is 84.7 cm³/mol. The number of aromatic nitrogens is 1. The van der Waals surface area contributed by atoms with Crippen LogP contribution in [0.3, 0.4) is 0 Å². The van der Waals surface area contributed by atoms with Crippen molar-refractivity contribution in [3.63, 3.8) is 0 Å². The third-order valence-corrected chi connectivity index (χ3v) is 3.92. The molecule has 126 valence electrons. The molecule has 0 bridgehead atoms. The van der Waals surface area contributed by atoms with Gasteiger partial charge in [0.2, 0.25) is 11.8 Å². The Morgan fingerprint density at radius 2 is 2.04 bits per heavy atom. The normalized spacial score (nSPS) is 14.9. The van der Waals surface area contributed by atoms with E-state index in [9.17, 15) is 14.0 Å². The molecule has 1 atom stereocenters. The highest BCUT2D eigenvalue weighted by Crippen LogP contribution is 2.42. The van der Waals surface area contributed by atoms with E-state index in [0.717, 1.165) is 18.4 Å². The summed E-state index contributed by atoms with van der Waals surface area (Å²) in [5, 5.41) is 8.84. The van der Waals surface area contributed by atoms with E-state index in [1.165, 1.54) is 12.1 Å². The average Bonchev–Trinajstić information content (AvgIpc) is 3.30. The minimum absolute atomic E-state index is 0.158. The Bertz CT molecular complexity index is 738. The molecule has 2 aromatic rings. The topological polar surface area (TPSA) is 84.2 Å². The van der Waals surface area contributed by atoms with E-state index in [-0.39, 0.29) is 36.0 Å². The number of hydrogen-bond acceptors (Lipinski definition) is 4. The zero-order valence-corrected chi connectivity index (χ0v) is 13.2. The first-order valence-corrected chi connectivity index (χ1v) is 7.79. The van der Waals surface area contributed by atoms with Crippen LogP contribution in [0.25, 0.3) is 0 Å². The van der Waals surface area contributed by atoms with Gasteiger partial charge >= 0.3 is 0 Å². The number of nitrogens with one attached hydrogen (secondary N) is 2. The Balaban J connectivity index is 1.58. The van der Waals surface area contributed by atoms with Crippen molar-refractivity contribution in [2.75, 3.05) is 11.9 Å². The van der Waals surface area contributed by atoms with Crippen molar-refractivity contribution in [2.45, 2.75) is 25.7 Å². The van der Waals surface area contributed by atoms with Gasteiger partial charge in [0, 0.05) is 6.07 Å². The van der Waals surface area contributed by atoms with E-state index in [4.69, 9.17) is 4.52 Å². The molecule has 24 heavy (non-hydrogen) atoms. The molecular weight excluding hydrogens is 313 g/mol. The quantitative estimate of drug-likeness (QED) is 0.851. The Morgan fingerprint density at radius 1 is 1.33 bits per heavy atom. The number of halogens is 1. The lowest BCUT2D eigenvalue weighted by atomic mass is 9.93. The third kappa shape index (κ3) is 3.98. The Kier molecular flexibility index (Phi) is 4.59. The monoisotopic (exact) mass is 331 g/mol. The van der Waals surface area contributed by atoms with Crippen LogP contribution < -0.4 is 10.6 Å². The lowest BCUT2D eigenvalue weighted by Gasteiger charge is -2.16. The molecule has 0 aliphatic heterocycles. The van der Waals surface area contributed by atoms with Gasteiger partial charge in [0.25, 0.3) is 0 Å². The van der Waals surface area contributed by atoms with Crippen molar-refractivity contribution in [1.82, 2.24) is 10.5 Å². The molecule has 1 heterocycles. The minimum atomic E-state index is -0.384. The molecular formula is C17H18FN3O3. The smallest absolute Gasteiger partial charge is 0.245 e. The van der Waals surface area contributed by atoms with Crippen molar-refractivity contribution in [1.29, 1.82) is 0 Å². The van der Waals surface area contributed by atoms with Gasteiger partial charge in [-0.1, -0.05) is 17.3 Å². The Labute approximate surface area is 138 Å². The van der Waals surface area contributed by atoms with Crippen LogP contribution in [0.15, 0.2) is 34.9 Å². The fourth-order valence-corrected chi connectivity index (χ4v) is 2.63. The summed E-state index contributed by atoms with van der Waals surface area (Å²) in [5.74, 6) is -0.162. The SMILES string of the molecule is Cc1cc(NC(=O)CNC(=O)C(c2ccc(F)cc2)C2CC2)no1. The summed E-state index contributed by atoms with van der Waals surface area (Å²) in [5.41, 5.74) is 0.768. The van der Waals surface area contributed by atoms with Crippen LogP contribution >= 0.6 is 0 Å². The fourth-order valence-electron chi connectivity index (χ4n) is 2.63. The molecule has 6 nitrogen and oxygen atoms in total. The summed E-state index contributed by atoms with van der Waals surface area (Å²) in [4.78, 5) is 24.3. The second kappa shape index (κ2) is 6.82. The summed E-state index contributed by atoms with van der Waals surface area (Å²) in [7, 11) is 0. The van der Waals surface area contributed by atoms with Gasteiger partial charge < -0.3 is 15.2 Å². The van der Waals surface area contributed by atoms with Gasteiger partial charge in [0.1, 0.15) is 11.6 Å². The molecule has 1 fully saturated rings. The highest BCUT2D eigenvalue weighted by molar-refractivity contribution is 5.95. The molecule has 2 N–H and O–H groups in total. The molecule has 2 amide bonds. The minimum Gasteiger partial charge on any atom is -0.360 e. The van der Waals surface area contributed by atoms with E-state index in [2.05, 4.69) is 15.8 Å². The molecule has 7 heteroatoms. The first-order chi connectivity index (χ1) is 11.5. The molecule has 1 saturated carbocycles. The summed E-state index contributed by atoms with van der Waals surface area (Å²) >= 11 is 0. The van der Waals surface area contributed by atoms with Gasteiger partial charge in [0.15, 0.2) is 5.82 Å². The average molecular weight is 331 g/mol. The Hall–Kier alpha value is -2.70. The second-order valence-corrected chi connectivity index (χ2v) is 5.96. The van der Waals surface area contributed by atoms with Crippen molar-refractivity contribution in [3.8, 4) is 0 Å². The van der Waals surface area contributed by atoms with E-state index in [1.54, 1.807) is 25.1 Å². The Morgan fingerprint density at radius 3 is 2.62 bits per heavy atom. The highest BCUT2D eigenvalue weighted by Gasteiger charge is 2.37. The molecule has 1 aromatic carbocycles. The lowest BCUT2D eigenvalue weighted by Crippen LogP contribution is -2.36. The number of hydrogen-bond donors (Lipinski definition) is 2. The summed E-state index contributed by atoms with van der Waals surface area (Å²) in [6.07, 6.45) is 1.92. The van der Waals surface area contributed by atoms with Crippen molar-refractivity contribution < 1.29 is 18.5 Å². The van der Waals surface area contributed by atoms with Crippen molar-refractivity contribution in [2.24, 2.45) is 5.92 Å². The van der Waals surface area contributed by atoms with Crippen LogP contribution in [0.2, 0.25) is 0 Å². The zero-order valence-electron chi connectivity index (χ0n) is 13.2. The van der Waals surface area contributed by atoms with Crippen LogP contribution in [0, 0.1) is 18.7 Å². The maximum Gasteiger partial charge on any atom is 0.245 e. The van der Waals surface area contributed by atoms with E-state index >= 15 is 0 Å². The fraction of sp³-hybridized carbons (Fsp3) is 0.353. The van der Waals surface area contributed by atoms with E-state index < -0.39 is 0 Å². The van der Waals surface area contributed by atoms with Gasteiger partial charge in [-0.2, -0.15) is 0 Å². The van der Waals surface area contributed by atoms with Crippen LogP contribution in [-0.4, -0.2) is 23.5 Å². The first kappa shape index (κ1) is 16.2. The largest absolute Gasteiger partial charge is 0.360 e. The predicted octanol–water partition coefficient (Wildman–Crippen LogP) is 2.37. The molecule has 1 aliphatic carbocycles. The number of aryl methyl sites for hydroxylation is 1. The zero-order chi connectivity index (χ0) is 17.1. The second-order valence-electron chi connectivity index (χ2n) is 5.96. The number of anilines is 1. The molecule has 0 saturated heterocycles. The standard InChI is InChI=1S/C17H18FN3O3/c1-10-8-14(21-24-10)20-15(22)9-19-17(23)16(11-2-3-11)12-4-6-13(18)7-5-12/h4-8,11,16H,2-3,9H2,1H3,(H,19,23)(H,20,21,22). The summed E-state index contributed by atoms with van der Waals surface area (Å²) < 4.78 is 17.9. The van der Waals surface area contributed by atoms with Gasteiger partial charge in [-0.25, -0.2) is 4.39 Å². The molecule has 1 aromatic heterocycles. The van der Waals surface area contributed by atoms with E-state index in [0.29, 0.717) is 11.6 Å². The number of amides is 2. The number of carbonyl (C=O) groups is 2. The van der Waals surface area contributed by atoms with Gasteiger partial charge in [0.05, 0.1) is 12.5 Å². The van der Waals surface area contributed by atoms with Crippen molar-refractivity contribution >= 4 is 17.6 Å². The third-order valence-electron chi connectivity index (χ3n) is 3.92. The van der Waals surface area contributed by atoms with Gasteiger partial charge in [-0.05, 0) is 43.4 Å². The lowest BCUT2D eigenvalue weighted by molar-refractivity contribution is -0.125. The molecule has 0 spiro atoms. The summed E-state index contributed by atoms with van der Waals surface area (Å²) in [6, 6.07) is 7.52. The number of nitrogens with zero attached hydrogens (tertiary/aromatic N) is 1. The molecule has 3 rings (SSSR count). The van der Waals surface area contributed by atoms with Crippen LogP contribution in [0.4, 0.5) is 10.2 Å². The van der Waals surface area contributed by atoms with Gasteiger partial charge in [-0.15, -0.1) is 0 Å². The first-order valence-electron chi connectivity index (χ1n) is 7.79. The molecule has 1 aliphatic rings. The summed E-state index contributed by atoms with van der Waals surface area (Å²) in [6.45, 7) is 1.56. The maximum atomic E-state index is 13.1. The number of benzene rings is 1. The van der Waals surface area contributed by atoms with E-state index in [1.807, 2.05) is 0 Å². The molecule has 0 radical (unpaired) electrons. The number of carbonyl (C=O) groups excluding carboxylic acids is 2.